The molecule has 0 fully saturated rings. The van der Waals surface area contributed by atoms with Gasteiger partial charge in [-0.3, -0.25) is 4.79 Å². The number of guanidine groups is 1. The van der Waals surface area contributed by atoms with Crippen molar-refractivity contribution in [1.82, 2.24) is 16.0 Å². The molecule has 0 unspecified atom stereocenters. The van der Waals surface area contributed by atoms with Gasteiger partial charge in [0.15, 0.2) is 5.96 Å². The second-order valence-electron chi connectivity index (χ2n) is 7.17. The average molecular weight is 490 g/mol. The van der Waals surface area contributed by atoms with E-state index in [1.807, 2.05) is 39.8 Å². The molecule has 154 valence electrons. The Kier molecular flexibility index (Phi) is 13.1. The molecule has 0 radical (unpaired) electrons. The monoisotopic (exact) mass is 490 g/mol. The summed E-state index contributed by atoms with van der Waals surface area (Å²) < 4.78 is 5.66. The third-order valence-electron chi connectivity index (χ3n) is 3.41. The zero-order valence-electron chi connectivity index (χ0n) is 17.2. The quantitative estimate of drug-likeness (QED) is 0.215. The van der Waals surface area contributed by atoms with E-state index in [1.54, 1.807) is 0 Å². The summed E-state index contributed by atoms with van der Waals surface area (Å²) in [4.78, 5) is 16.6. The summed E-state index contributed by atoms with van der Waals surface area (Å²) in [6.07, 6.45) is 1.01. The van der Waals surface area contributed by atoms with Crippen LogP contribution in [0.25, 0.3) is 0 Å². The molecule has 0 saturated heterocycles. The summed E-state index contributed by atoms with van der Waals surface area (Å²) in [6, 6.07) is 8.14. The first kappa shape index (κ1) is 25.6. The van der Waals surface area contributed by atoms with Crippen LogP contribution in [0, 0.1) is 0 Å². The van der Waals surface area contributed by atoms with Crippen LogP contribution < -0.4 is 16.0 Å². The van der Waals surface area contributed by atoms with Crippen LogP contribution in [0.4, 0.5) is 0 Å². The molecule has 0 saturated carbocycles. The number of benzene rings is 1. The highest BCUT2D eigenvalue weighted by molar-refractivity contribution is 14.0. The van der Waals surface area contributed by atoms with Crippen LogP contribution in [0.15, 0.2) is 29.3 Å². The van der Waals surface area contributed by atoms with E-state index in [4.69, 9.17) is 4.74 Å². The highest BCUT2D eigenvalue weighted by Crippen LogP contribution is 2.11. The van der Waals surface area contributed by atoms with Gasteiger partial charge in [0.2, 0.25) is 5.91 Å². The SMILES string of the molecule is CCCOCc1ccccc1CN=C(NCC)NCC(=O)NC(C)(C)C.I. The Balaban J connectivity index is 0.00000676. The molecule has 1 aromatic carbocycles. The van der Waals surface area contributed by atoms with Gasteiger partial charge < -0.3 is 20.7 Å². The lowest BCUT2D eigenvalue weighted by molar-refractivity contribution is -0.121. The molecule has 0 aliphatic rings. The number of amides is 1. The van der Waals surface area contributed by atoms with E-state index in [0.717, 1.165) is 30.7 Å². The molecule has 27 heavy (non-hydrogen) atoms. The molecule has 1 amide bonds. The lowest BCUT2D eigenvalue weighted by Gasteiger charge is -2.21. The molecule has 6 nitrogen and oxygen atoms in total. The smallest absolute Gasteiger partial charge is 0.239 e. The second kappa shape index (κ2) is 13.8. The number of ether oxygens (including phenoxy) is 1. The molecule has 0 bridgehead atoms. The first-order valence-corrected chi connectivity index (χ1v) is 9.33. The third kappa shape index (κ3) is 11.9. The van der Waals surface area contributed by atoms with Gasteiger partial charge in [0, 0.05) is 18.7 Å². The summed E-state index contributed by atoms with van der Waals surface area (Å²) in [5.41, 5.74) is 2.03. The van der Waals surface area contributed by atoms with Gasteiger partial charge in [-0.1, -0.05) is 31.2 Å². The number of carbonyl (C=O) groups excluding carboxylic acids is 1. The number of rotatable bonds is 9. The summed E-state index contributed by atoms with van der Waals surface area (Å²) >= 11 is 0. The van der Waals surface area contributed by atoms with Crippen molar-refractivity contribution in [2.75, 3.05) is 19.7 Å². The minimum atomic E-state index is -0.244. The number of aliphatic imine (C=N–C) groups is 1. The minimum Gasteiger partial charge on any atom is -0.377 e. The van der Waals surface area contributed by atoms with Gasteiger partial charge in [0.05, 0.1) is 19.7 Å². The average Bonchev–Trinajstić information content (AvgIpc) is 2.57. The molecule has 0 spiro atoms. The van der Waals surface area contributed by atoms with Crippen LogP contribution in [0.2, 0.25) is 0 Å². The first-order valence-electron chi connectivity index (χ1n) is 9.33. The Morgan fingerprint density at radius 3 is 2.37 bits per heavy atom. The second-order valence-corrected chi connectivity index (χ2v) is 7.17. The summed E-state index contributed by atoms with van der Waals surface area (Å²) in [5.74, 6) is 0.567. The van der Waals surface area contributed by atoms with Crippen LogP contribution >= 0.6 is 24.0 Å². The lowest BCUT2D eigenvalue weighted by atomic mass is 10.1. The van der Waals surface area contributed by atoms with Crippen molar-refractivity contribution in [2.45, 2.75) is 59.7 Å². The zero-order chi connectivity index (χ0) is 19.4. The maximum atomic E-state index is 12.0. The predicted octanol–water partition coefficient (Wildman–Crippen LogP) is 3.20. The van der Waals surface area contributed by atoms with Gasteiger partial charge in [-0.25, -0.2) is 4.99 Å². The molecule has 0 aromatic heterocycles. The van der Waals surface area contributed by atoms with Crippen molar-refractivity contribution in [3.05, 3.63) is 35.4 Å². The Labute approximate surface area is 181 Å². The Morgan fingerprint density at radius 1 is 1.11 bits per heavy atom. The molecule has 0 aliphatic carbocycles. The zero-order valence-corrected chi connectivity index (χ0v) is 19.6. The fourth-order valence-electron chi connectivity index (χ4n) is 2.31. The van der Waals surface area contributed by atoms with Gasteiger partial charge >= 0.3 is 0 Å². The van der Waals surface area contributed by atoms with Crippen LogP contribution in [0.3, 0.4) is 0 Å². The topological polar surface area (TPSA) is 74.8 Å². The van der Waals surface area contributed by atoms with Crippen molar-refractivity contribution in [3.8, 4) is 0 Å². The van der Waals surface area contributed by atoms with Crippen LogP contribution in [0.1, 0.15) is 52.2 Å². The predicted molar refractivity (Wildman–Crippen MR) is 123 cm³/mol. The molecule has 7 heteroatoms. The van der Waals surface area contributed by atoms with E-state index >= 15 is 0 Å². The molecular formula is C20H35IN4O2. The fraction of sp³-hybridized carbons (Fsp3) is 0.600. The summed E-state index contributed by atoms with van der Waals surface area (Å²) in [5, 5.41) is 9.18. The van der Waals surface area contributed by atoms with E-state index in [-0.39, 0.29) is 42.0 Å². The lowest BCUT2D eigenvalue weighted by Crippen LogP contribution is -2.48. The minimum absolute atomic E-state index is 0. The van der Waals surface area contributed by atoms with E-state index in [9.17, 15) is 4.79 Å². The van der Waals surface area contributed by atoms with Crippen molar-refractivity contribution in [3.63, 3.8) is 0 Å². The Hall–Kier alpha value is -1.35. The number of nitrogens with zero attached hydrogens (tertiary/aromatic N) is 1. The van der Waals surface area contributed by atoms with Crippen LogP contribution in [0.5, 0.6) is 0 Å². The molecular weight excluding hydrogens is 455 g/mol. The normalized spacial score (nSPS) is 11.5. The molecule has 0 heterocycles. The van der Waals surface area contributed by atoms with Crippen LogP contribution in [-0.2, 0) is 22.7 Å². The standard InChI is InChI=1S/C20H34N4O2.HI/c1-6-12-26-15-17-11-9-8-10-16(17)13-22-19(21-7-2)23-14-18(25)24-20(3,4)5;/h8-11H,6-7,12-15H2,1-5H3,(H,24,25)(H2,21,22,23);1H. The van der Waals surface area contributed by atoms with Gasteiger partial charge in [0.1, 0.15) is 0 Å². The molecule has 1 rings (SSSR count). The maximum absolute atomic E-state index is 12.0. The maximum Gasteiger partial charge on any atom is 0.239 e. The Bertz CT molecular complexity index is 586. The molecule has 0 atom stereocenters. The van der Waals surface area contributed by atoms with Crippen LogP contribution in [-0.4, -0.2) is 37.1 Å². The van der Waals surface area contributed by atoms with Crippen molar-refractivity contribution < 1.29 is 9.53 Å². The molecule has 0 aliphatic heterocycles. The fourth-order valence-corrected chi connectivity index (χ4v) is 2.31. The van der Waals surface area contributed by atoms with Gasteiger partial charge in [-0.2, -0.15) is 0 Å². The van der Waals surface area contributed by atoms with Gasteiger partial charge in [0.25, 0.3) is 0 Å². The highest BCUT2D eigenvalue weighted by atomic mass is 127. The molecule has 3 N–H and O–H groups in total. The van der Waals surface area contributed by atoms with E-state index < -0.39 is 0 Å². The van der Waals surface area contributed by atoms with Crippen molar-refractivity contribution >= 4 is 35.8 Å². The molecule has 1 aromatic rings. The first-order chi connectivity index (χ1) is 12.4. The van der Waals surface area contributed by atoms with Crippen molar-refractivity contribution in [1.29, 1.82) is 0 Å². The van der Waals surface area contributed by atoms with Gasteiger partial charge in [-0.15, -0.1) is 24.0 Å². The highest BCUT2D eigenvalue weighted by Gasteiger charge is 2.13. The number of nitrogens with one attached hydrogen (secondary N) is 3. The van der Waals surface area contributed by atoms with E-state index in [1.165, 1.54) is 0 Å². The largest absolute Gasteiger partial charge is 0.377 e. The third-order valence-corrected chi connectivity index (χ3v) is 3.41. The summed E-state index contributed by atoms with van der Waals surface area (Å²) in [6.45, 7) is 12.8. The Morgan fingerprint density at radius 2 is 1.78 bits per heavy atom. The van der Waals surface area contributed by atoms with Crippen molar-refractivity contribution in [2.24, 2.45) is 4.99 Å². The van der Waals surface area contributed by atoms with Gasteiger partial charge in [-0.05, 0) is 45.2 Å². The van der Waals surface area contributed by atoms with E-state index in [2.05, 4.69) is 40.0 Å². The number of hydrogen-bond acceptors (Lipinski definition) is 3. The summed E-state index contributed by atoms with van der Waals surface area (Å²) in [7, 11) is 0. The van der Waals surface area contributed by atoms with E-state index in [0.29, 0.717) is 19.1 Å². The number of halogens is 1. The number of hydrogen-bond donors (Lipinski definition) is 3. The number of carbonyl (C=O) groups is 1.